The Morgan fingerprint density at radius 3 is 2.48 bits per heavy atom. The molecule has 6 heteroatoms. The summed E-state index contributed by atoms with van der Waals surface area (Å²) in [7, 11) is 0. The van der Waals surface area contributed by atoms with Gasteiger partial charge in [-0.1, -0.05) is 54.1 Å². The Balaban J connectivity index is 1.49. The number of ether oxygens (including phenoxy) is 1. The van der Waals surface area contributed by atoms with E-state index < -0.39 is 5.97 Å². The first-order valence-electron chi connectivity index (χ1n) is 8.97. The third kappa shape index (κ3) is 4.17. The molecule has 2 heterocycles. The second-order valence-electron chi connectivity index (χ2n) is 6.44. The molecular formula is C23H17NO4S. The number of benzene rings is 2. The maximum absolute atomic E-state index is 12.9. The molecule has 0 saturated heterocycles. The molecule has 0 saturated carbocycles. The monoisotopic (exact) mass is 403 g/mol. The molecule has 0 aliphatic heterocycles. The van der Waals surface area contributed by atoms with Crippen LogP contribution < -0.4 is 0 Å². The lowest BCUT2D eigenvalue weighted by molar-refractivity contribution is 0.0465. The number of hydrogen-bond acceptors (Lipinski definition) is 6. The predicted molar refractivity (Wildman–Crippen MR) is 110 cm³/mol. The third-order valence-corrected chi connectivity index (χ3v) is 5.20. The molecule has 0 spiro atoms. The smallest absolute Gasteiger partial charge is 0.339 e. The van der Waals surface area contributed by atoms with Crippen LogP contribution in [0, 0.1) is 6.92 Å². The summed E-state index contributed by atoms with van der Waals surface area (Å²) in [5, 5.41) is 1.93. The minimum Gasteiger partial charge on any atom is -0.455 e. The SMILES string of the molecule is Cc1ccc(C(=O)c2ccccc2C(=O)OCc2coc(-c3cccs3)n2)cc1. The molecule has 0 unspecified atom stereocenters. The largest absolute Gasteiger partial charge is 0.455 e. The van der Waals surface area contributed by atoms with Crippen molar-refractivity contribution in [2.75, 3.05) is 0 Å². The van der Waals surface area contributed by atoms with Gasteiger partial charge in [0.1, 0.15) is 18.6 Å². The zero-order chi connectivity index (χ0) is 20.2. The number of thiophene rings is 1. The summed E-state index contributed by atoms with van der Waals surface area (Å²) in [5.41, 5.74) is 2.61. The van der Waals surface area contributed by atoms with Gasteiger partial charge in [0.2, 0.25) is 5.89 Å². The van der Waals surface area contributed by atoms with Crippen LogP contribution in [0.15, 0.2) is 76.7 Å². The third-order valence-electron chi connectivity index (χ3n) is 4.34. The Hall–Kier alpha value is -3.51. The fourth-order valence-electron chi connectivity index (χ4n) is 2.82. The van der Waals surface area contributed by atoms with Crippen molar-refractivity contribution in [3.63, 3.8) is 0 Å². The van der Waals surface area contributed by atoms with Crippen LogP contribution in [0.1, 0.15) is 37.5 Å². The first kappa shape index (κ1) is 18.8. The van der Waals surface area contributed by atoms with Crippen molar-refractivity contribution in [3.05, 3.63) is 100 Å². The van der Waals surface area contributed by atoms with E-state index in [4.69, 9.17) is 9.15 Å². The number of aromatic nitrogens is 1. The van der Waals surface area contributed by atoms with Gasteiger partial charge in [-0.05, 0) is 24.4 Å². The fourth-order valence-corrected chi connectivity index (χ4v) is 3.48. The molecular weight excluding hydrogens is 386 g/mol. The first-order valence-corrected chi connectivity index (χ1v) is 9.85. The minimum absolute atomic E-state index is 0.0409. The average molecular weight is 403 g/mol. The van der Waals surface area contributed by atoms with E-state index in [1.165, 1.54) is 17.6 Å². The van der Waals surface area contributed by atoms with Crippen LogP contribution in [0.4, 0.5) is 0 Å². The highest BCUT2D eigenvalue weighted by Crippen LogP contribution is 2.24. The summed E-state index contributed by atoms with van der Waals surface area (Å²) in [5.74, 6) is -0.318. The number of esters is 1. The molecule has 29 heavy (non-hydrogen) atoms. The fraction of sp³-hybridized carbons (Fsp3) is 0.0870. The number of rotatable bonds is 6. The molecule has 0 bridgehead atoms. The summed E-state index contributed by atoms with van der Waals surface area (Å²) in [6.07, 6.45) is 1.46. The Morgan fingerprint density at radius 1 is 1.00 bits per heavy atom. The van der Waals surface area contributed by atoms with E-state index in [2.05, 4.69) is 4.98 Å². The van der Waals surface area contributed by atoms with Crippen molar-refractivity contribution in [1.82, 2.24) is 4.98 Å². The molecule has 2 aromatic heterocycles. The van der Waals surface area contributed by atoms with E-state index in [-0.39, 0.29) is 18.0 Å². The van der Waals surface area contributed by atoms with Gasteiger partial charge in [-0.15, -0.1) is 11.3 Å². The van der Waals surface area contributed by atoms with Gasteiger partial charge >= 0.3 is 5.97 Å². The lowest BCUT2D eigenvalue weighted by Crippen LogP contribution is -2.12. The van der Waals surface area contributed by atoms with Gasteiger partial charge in [0.25, 0.3) is 0 Å². The Bertz CT molecular complexity index is 1140. The summed E-state index contributed by atoms with van der Waals surface area (Å²) in [6, 6.07) is 17.7. The molecule has 0 aliphatic rings. The first-order chi connectivity index (χ1) is 14.1. The number of ketones is 1. The maximum atomic E-state index is 12.9. The van der Waals surface area contributed by atoms with Gasteiger partial charge in [0.15, 0.2) is 5.78 Å². The molecule has 2 aromatic carbocycles. The summed E-state index contributed by atoms with van der Waals surface area (Å²) in [6.45, 7) is 1.91. The maximum Gasteiger partial charge on any atom is 0.339 e. The molecule has 0 amide bonds. The van der Waals surface area contributed by atoms with Crippen LogP contribution in [0.3, 0.4) is 0 Å². The number of nitrogens with zero attached hydrogens (tertiary/aromatic N) is 1. The van der Waals surface area contributed by atoms with Crippen LogP contribution >= 0.6 is 11.3 Å². The van der Waals surface area contributed by atoms with Gasteiger partial charge in [0.05, 0.1) is 10.4 Å². The number of aryl methyl sites for hydroxylation is 1. The molecule has 0 atom stereocenters. The highest BCUT2D eigenvalue weighted by molar-refractivity contribution is 7.13. The molecule has 4 aromatic rings. The van der Waals surface area contributed by atoms with E-state index in [0.717, 1.165) is 10.4 Å². The Morgan fingerprint density at radius 2 is 1.76 bits per heavy atom. The van der Waals surface area contributed by atoms with Crippen molar-refractivity contribution < 1.29 is 18.7 Å². The highest BCUT2D eigenvalue weighted by Gasteiger charge is 2.19. The molecule has 4 rings (SSSR count). The zero-order valence-corrected chi connectivity index (χ0v) is 16.4. The zero-order valence-electron chi connectivity index (χ0n) is 15.6. The van der Waals surface area contributed by atoms with Gasteiger partial charge in [-0.25, -0.2) is 9.78 Å². The van der Waals surface area contributed by atoms with Crippen LogP contribution in [-0.4, -0.2) is 16.7 Å². The lowest BCUT2D eigenvalue weighted by atomic mass is 9.98. The van der Waals surface area contributed by atoms with Crippen molar-refractivity contribution in [2.45, 2.75) is 13.5 Å². The lowest BCUT2D eigenvalue weighted by Gasteiger charge is -2.08. The number of carbonyl (C=O) groups is 2. The van der Waals surface area contributed by atoms with E-state index >= 15 is 0 Å². The van der Waals surface area contributed by atoms with Crippen molar-refractivity contribution in [1.29, 1.82) is 0 Å². The van der Waals surface area contributed by atoms with Crippen LogP contribution in [0.25, 0.3) is 10.8 Å². The van der Waals surface area contributed by atoms with Gasteiger partial charge < -0.3 is 9.15 Å². The van der Waals surface area contributed by atoms with E-state index in [9.17, 15) is 9.59 Å². The molecule has 0 aliphatic carbocycles. The Labute approximate surface area is 171 Å². The summed E-state index contributed by atoms with van der Waals surface area (Å²) in [4.78, 5) is 30.7. The quantitative estimate of drug-likeness (QED) is 0.323. The minimum atomic E-state index is -0.582. The van der Waals surface area contributed by atoms with Gasteiger partial charge in [0, 0.05) is 11.1 Å². The molecule has 0 fully saturated rings. The van der Waals surface area contributed by atoms with Crippen LogP contribution in [0.2, 0.25) is 0 Å². The predicted octanol–water partition coefficient (Wildman–Crippen LogP) is 5.30. The number of carbonyl (C=O) groups excluding carboxylic acids is 2. The van der Waals surface area contributed by atoms with Crippen molar-refractivity contribution in [3.8, 4) is 10.8 Å². The van der Waals surface area contributed by atoms with E-state index in [1.807, 2.05) is 36.6 Å². The summed E-state index contributed by atoms with van der Waals surface area (Å²) < 4.78 is 10.8. The van der Waals surface area contributed by atoms with Crippen molar-refractivity contribution in [2.24, 2.45) is 0 Å². The number of hydrogen-bond donors (Lipinski definition) is 0. The second-order valence-corrected chi connectivity index (χ2v) is 7.39. The van der Waals surface area contributed by atoms with Crippen LogP contribution in [-0.2, 0) is 11.3 Å². The molecule has 0 radical (unpaired) electrons. The molecule has 144 valence electrons. The highest BCUT2D eigenvalue weighted by atomic mass is 32.1. The normalized spacial score (nSPS) is 10.7. The Kier molecular flexibility index (Phi) is 5.35. The topological polar surface area (TPSA) is 69.4 Å². The van der Waals surface area contributed by atoms with E-state index in [1.54, 1.807) is 36.4 Å². The van der Waals surface area contributed by atoms with Gasteiger partial charge in [-0.2, -0.15) is 0 Å². The molecule has 0 N–H and O–H groups in total. The van der Waals surface area contributed by atoms with Crippen LogP contribution in [0.5, 0.6) is 0 Å². The van der Waals surface area contributed by atoms with E-state index in [0.29, 0.717) is 22.7 Å². The number of oxazole rings is 1. The standard InChI is InChI=1S/C23H17NO4S/c1-15-8-10-16(11-9-15)21(25)18-5-2-3-6-19(18)23(26)28-14-17-13-27-22(24-17)20-7-4-12-29-20/h2-13H,14H2,1H3. The summed E-state index contributed by atoms with van der Waals surface area (Å²) >= 11 is 1.51. The van der Waals surface area contributed by atoms with Gasteiger partial charge in [-0.3, -0.25) is 4.79 Å². The molecule has 5 nitrogen and oxygen atoms in total. The van der Waals surface area contributed by atoms with Crippen molar-refractivity contribution >= 4 is 23.1 Å². The average Bonchev–Trinajstić information content (AvgIpc) is 3.44. The second kappa shape index (κ2) is 8.24.